The molecule has 0 spiro atoms. The second-order valence-electron chi connectivity index (χ2n) is 5.30. The first kappa shape index (κ1) is 11.6. The number of hydrogen-bond acceptors (Lipinski definition) is 3. The summed E-state index contributed by atoms with van der Waals surface area (Å²) in [6.45, 7) is 6.80. The molecule has 1 saturated heterocycles. The van der Waals surface area contributed by atoms with Crippen LogP contribution in [0.25, 0.3) is 0 Å². The van der Waals surface area contributed by atoms with E-state index in [9.17, 15) is 4.79 Å². The van der Waals surface area contributed by atoms with Gasteiger partial charge in [0.15, 0.2) is 5.76 Å². The first-order valence-electron chi connectivity index (χ1n) is 6.21. The molecule has 0 aromatic rings. The monoisotopic (exact) mass is 223 g/mol. The van der Waals surface area contributed by atoms with Crippen molar-refractivity contribution in [1.29, 1.82) is 0 Å². The zero-order valence-electron chi connectivity index (χ0n) is 10.2. The standard InChI is InChI=1S/C13H21NO2/c1-13(2,10-5-3-7-14-9-10)12(15)11-6-4-8-16-11/h6,10,14H,3-5,7-9H2,1-2H3. The van der Waals surface area contributed by atoms with E-state index in [1.165, 1.54) is 6.42 Å². The maximum Gasteiger partial charge on any atom is 0.202 e. The third-order valence-corrected chi connectivity index (χ3v) is 3.83. The van der Waals surface area contributed by atoms with Crippen LogP contribution in [0, 0.1) is 11.3 Å². The van der Waals surface area contributed by atoms with E-state index in [1.54, 1.807) is 0 Å². The van der Waals surface area contributed by atoms with Crippen LogP contribution in [0.1, 0.15) is 33.1 Å². The SMILES string of the molecule is CC(C)(C(=O)C1=CCCO1)C1CCCNC1. The summed E-state index contributed by atoms with van der Waals surface area (Å²) in [6, 6.07) is 0. The van der Waals surface area contributed by atoms with Gasteiger partial charge in [-0.2, -0.15) is 0 Å². The lowest BCUT2D eigenvalue weighted by molar-refractivity contribution is -0.129. The Kier molecular flexibility index (Phi) is 3.33. The predicted octanol–water partition coefficient (Wildman–Crippen LogP) is 1.89. The first-order chi connectivity index (χ1) is 7.62. The van der Waals surface area contributed by atoms with Gasteiger partial charge in [0.1, 0.15) is 0 Å². The van der Waals surface area contributed by atoms with Gasteiger partial charge >= 0.3 is 0 Å². The van der Waals surface area contributed by atoms with Gasteiger partial charge in [0.25, 0.3) is 0 Å². The maximum absolute atomic E-state index is 12.3. The molecule has 1 N–H and O–H groups in total. The van der Waals surface area contributed by atoms with E-state index in [0.717, 1.165) is 25.9 Å². The van der Waals surface area contributed by atoms with E-state index in [4.69, 9.17) is 4.74 Å². The molecule has 0 bridgehead atoms. The Morgan fingerprint density at radius 3 is 2.94 bits per heavy atom. The number of piperidine rings is 1. The minimum atomic E-state index is -0.302. The van der Waals surface area contributed by atoms with Crippen molar-refractivity contribution in [3.05, 3.63) is 11.8 Å². The summed E-state index contributed by atoms with van der Waals surface area (Å²) < 4.78 is 5.38. The van der Waals surface area contributed by atoms with E-state index in [1.807, 2.05) is 6.08 Å². The molecule has 2 aliphatic rings. The molecule has 1 unspecified atom stereocenters. The lowest BCUT2D eigenvalue weighted by atomic mass is 9.71. The van der Waals surface area contributed by atoms with Crippen molar-refractivity contribution < 1.29 is 9.53 Å². The quantitative estimate of drug-likeness (QED) is 0.794. The number of nitrogens with one attached hydrogen (secondary N) is 1. The summed E-state index contributed by atoms with van der Waals surface area (Å²) in [4.78, 5) is 12.3. The van der Waals surface area contributed by atoms with E-state index >= 15 is 0 Å². The van der Waals surface area contributed by atoms with Crippen LogP contribution in [-0.4, -0.2) is 25.5 Å². The van der Waals surface area contributed by atoms with Gasteiger partial charge in [-0.05, 0) is 37.9 Å². The summed E-state index contributed by atoms with van der Waals surface area (Å²) in [5, 5.41) is 3.37. The Hall–Kier alpha value is -0.830. The summed E-state index contributed by atoms with van der Waals surface area (Å²) in [5.74, 6) is 1.20. The zero-order chi connectivity index (χ0) is 11.6. The van der Waals surface area contributed by atoms with Gasteiger partial charge in [-0.25, -0.2) is 0 Å². The molecule has 0 aliphatic carbocycles. The number of carbonyl (C=O) groups is 1. The van der Waals surface area contributed by atoms with Crippen LogP contribution in [0.4, 0.5) is 0 Å². The summed E-state index contributed by atoms with van der Waals surface area (Å²) in [5.41, 5.74) is -0.302. The molecule has 2 heterocycles. The number of ether oxygens (including phenoxy) is 1. The lowest BCUT2D eigenvalue weighted by Crippen LogP contribution is -2.43. The number of Topliss-reactive ketones (excluding diaryl/α,β-unsaturated/α-hetero) is 1. The molecule has 3 nitrogen and oxygen atoms in total. The van der Waals surface area contributed by atoms with E-state index in [2.05, 4.69) is 19.2 Å². The lowest BCUT2D eigenvalue weighted by Gasteiger charge is -2.36. The molecule has 0 aromatic carbocycles. The maximum atomic E-state index is 12.3. The number of hydrogen-bond donors (Lipinski definition) is 1. The molecular formula is C13H21NO2. The number of allylic oxidation sites excluding steroid dienone is 1. The zero-order valence-corrected chi connectivity index (χ0v) is 10.2. The van der Waals surface area contributed by atoms with Gasteiger partial charge in [-0.15, -0.1) is 0 Å². The Balaban J connectivity index is 2.07. The third-order valence-electron chi connectivity index (χ3n) is 3.83. The number of carbonyl (C=O) groups excluding carboxylic acids is 1. The van der Waals surface area contributed by atoms with Crippen LogP contribution in [0.5, 0.6) is 0 Å². The molecule has 0 amide bonds. The highest BCUT2D eigenvalue weighted by atomic mass is 16.5. The smallest absolute Gasteiger partial charge is 0.202 e. The largest absolute Gasteiger partial charge is 0.490 e. The highest BCUT2D eigenvalue weighted by Gasteiger charge is 2.39. The highest BCUT2D eigenvalue weighted by Crippen LogP contribution is 2.35. The minimum absolute atomic E-state index is 0.179. The van der Waals surface area contributed by atoms with Crippen molar-refractivity contribution in [3.63, 3.8) is 0 Å². The Labute approximate surface area is 97.2 Å². The minimum Gasteiger partial charge on any atom is -0.490 e. The summed E-state index contributed by atoms with van der Waals surface area (Å²) in [7, 11) is 0. The van der Waals surface area contributed by atoms with Crippen LogP contribution in [0.15, 0.2) is 11.8 Å². The van der Waals surface area contributed by atoms with Crippen molar-refractivity contribution in [3.8, 4) is 0 Å². The Bertz CT molecular complexity index is 301. The van der Waals surface area contributed by atoms with Crippen molar-refractivity contribution in [2.45, 2.75) is 33.1 Å². The fourth-order valence-electron chi connectivity index (χ4n) is 2.55. The van der Waals surface area contributed by atoms with E-state index in [-0.39, 0.29) is 11.2 Å². The van der Waals surface area contributed by atoms with Gasteiger partial charge in [0.2, 0.25) is 5.78 Å². The third kappa shape index (κ3) is 2.14. The summed E-state index contributed by atoms with van der Waals surface area (Å²) >= 11 is 0. The molecule has 2 aliphatic heterocycles. The molecule has 90 valence electrons. The van der Waals surface area contributed by atoms with Crippen molar-refractivity contribution >= 4 is 5.78 Å². The number of rotatable bonds is 3. The predicted molar refractivity (Wildman–Crippen MR) is 63.0 cm³/mol. The normalized spacial score (nSPS) is 26.1. The van der Waals surface area contributed by atoms with Gasteiger partial charge in [0, 0.05) is 11.8 Å². The number of ketones is 1. The van der Waals surface area contributed by atoms with E-state index < -0.39 is 0 Å². The van der Waals surface area contributed by atoms with Crippen molar-refractivity contribution in [2.75, 3.05) is 19.7 Å². The van der Waals surface area contributed by atoms with E-state index in [0.29, 0.717) is 18.3 Å². The van der Waals surface area contributed by atoms with Crippen LogP contribution in [0.3, 0.4) is 0 Å². The topological polar surface area (TPSA) is 38.3 Å². The fourth-order valence-corrected chi connectivity index (χ4v) is 2.55. The molecule has 1 fully saturated rings. The summed E-state index contributed by atoms with van der Waals surface area (Å²) in [6.07, 6.45) is 5.11. The van der Waals surface area contributed by atoms with Crippen molar-refractivity contribution in [1.82, 2.24) is 5.32 Å². The molecule has 0 saturated carbocycles. The molecule has 2 rings (SSSR count). The second kappa shape index (κ2) is 4.58. The van der Waals surface area contributed by atoms with Gasteiger partial charge in [0.05, 0.1) is 6.61 Å². The van der Waals surface area contributed by atoms with Crippen LogP contribution < -0.4 is 5.32 Å². The average molecular weight is 223 g/mol. The van der Waals surface area contributed by atoms with Crippen LogP contribution in [-0.2, 0) is 9.53 Å². The van der Waals surface area contributed by atoms with Crippen molar-refractivity contribution in [2.24, 2.45) is 11.3 Å². The molecule has 0 radical (unpaired) electrons. The second-order valence-corrected chi connectivity index (χ2v) is 5.30. The average Bonchev–Trinajstić information content (AvgIpc) is 2.82. The molecular weight excluding hydrogens is 202 g/mol. The van der Waals surface area contributed by atoms with Gasteiger partial charge in [-0.1, -0.05) is 13.8 Å². The highest BCUT2D eigenvalue weighted by molar-refractivity contribution is 5.98. The van der Waals surface area contributed by atoms with Crippen LogP contribution in [0.2, 0.25) is 0 Å². The Morgan fingerprint density at radius 2 is 2.38 bits per heavy atom. The van der Waals surface area contributed by atoms with Crippen LogP contribution >= 0.6 is 0 Å². The molecule has 0 aromatic heterocycles. The Morgan fingerprint density at radius 1 is 1.56 bits per heavy atom. The molecule has 1 atom stereocenters. The molecule has 16 heavy (non-hydrogen) atoms. The first-order valence-corrected chi connectivity index (χ1v) is 6.21. The fraction of sp³-hybridized carbons (Fsp3) is 0.769. The molecule has 3 heteroatoms. The van der Waals surface area contributed by atoms with Gasteiger partial charge in [-0.3, -0.25) is 4.79 Å². The van der Waals surface area contributed by atoms with Gasteiger partial charge < -0.3 is 10.1 Å².